The Balaban J connectivity index is 1.45. The lowest BCUT2D eigenvalue weighted by molar-refractivity contribution is -0.181. The normalized spacial score (nSPS) is 42.4. The molecule has 0 amide bonds. The highest BCUT2D eigenvalue weighted by Crippen LogP contribution is 2.68. The molecular weight excluding hydrogens is 418 g/mol. The maximum absolute atomic E-state index is 8.57. The van der Waals surface area contributed by atoms with Gasteiger partial charge in [0.15, 0.2) is 0 Å². The molecule has 0 aromatic rings. The summed E-state index contributed by atoms with van der Waals surface area (Å²) >= 11 is 0. The number of nitrogens with zero attached hydrogens (tertiary/aromatic N) is 3. The highest BCUT2D eigenvalue weighted by atomic mass is 16.5. The van der Waals surface area contributed by atoms with Crippen molar-refractivity contribution in [2.24, 2.45) is 57.4 Å². The molecule has 4 rings (SSSR count). The summed E-state index contributed by atoms with van der Waals surface area (Å²) in [5, 5.41) is 3.71. The molecule has 0 aliphatic heterocycles. The maximum Gasteiger partial charge on any atom is 0.0634 e. The zero-order valence-corrected chi connectivity index (χ0v) is 23.0. The smallest absolute Gasteiger partial charge is 0.0634 e. The van der Waals surface area contributed by atoms with Crippen LogP contribution in [0.3, 0.4) is 0 Å². The summed E-state index contributed by atoms with van der Waals surface area (Å²) in [4.78, 5) is 2.90. The van der Waals surface area contributed by atoms with Crippen LogP contribution in [0.25, 0.3) is 10.4 Å². The van der Waals surface area contributed by atoms with E-state index in [0.717, 1.165) is 54.5 Å². The molecule has 4 saturated carbocycles. The fourth-order valence-corrected chi connectivity index (χ4v) is 9.98. The summed E-state index contributed by atoms with van der Waals surface area (Å²) in [6.45, 7) is 14.0. The molecule has 4 nitrogen and oxygen atoms in total. The quantitative estimate of drug-likeness (QED) is 0.135. The molecule has 0 bridgehead atoms. The maximum atomic E-state index is 8.57. The van der Waals surface area contributed by atoms with Crippen LogP contribution in [0.1, 0.15) is 118 Å². The number of hydrogen-bond acceptors (Lipinski definition) is 2. The van der Waals surface area contributed by atoms with Gasteiger partial charge in [0.05, 0.1) is 6.10 Å². The van der Waals surface area contributed by atoms with Crippen LogP contribution in [0.15, 0.2) is 5.11 Å². The molecule has 0 heterocycles. The van der Waals surface area contributed by atoms with E-state index in [0.29, 0.717) is 23.5 Å². The molecule has 0 aromatic carbocycles. The van der Waals surface area contributed by atoms with Gasteiger partial charge in [-0.1, -0.05) is 65.4 Å². The summed E-state index contributed by atoms with van der Waals surface area (Å²) in [7, 11) is 0. The van der Waals surface area contributed by atoms with Crippen LogP contribution in [0.5, 0.6) is 0 Å². The van der Waals surface area contributed by atoms with Crippen molar-refractivity contribution >= 4 is 0 Å². The number of rotatable bonds is 10. The van der Waals surface area contributed by atoms with E-state index in [1.54, 1.807) is 0 Å². The van der Waals surface area contributed by atoms with Gasteiger partial charge in [-0.2, -0.15) is 0 Å². The standard InChI is InChI=1S/C30H53N3O/c1-21(2)9-6-10-22(3)25-15-16-26-24-14-13-23-11-7-12-28(34-20-8-19-32-33-31)30(23,5)27(24)17-18-29(25,26)4/h21-28H,6-20H2,1-5H3/t22-,23?,24+,25-,26+,27+,28?,29-,30+/m1/s1. The van der Waals surface area contributed by atoms with Crippen molar-refractivity contribution in [3.63, 3.8) is 0 Å². The second kappa shape index (κ2) is 11.1. The first-order valence-corrected chi connectivity index (χ1v) is 14.9. The van der Waals surface area contributed by atoms with Gasteiger partial charge >= 0.3 is 0 Å². The Labute approximate surface area is 210 Å². The third-order valence-electron chi connectivity index (χ3n) is 11.7. The zero-order chi connectivity index (χ0) is 24.3. The number of azide groups is 1. The largest absolute Gasteiger partial charge is 0.378 e. The third-order valence-corrected chi connectivity index (χ3v) is 11.7. The molecule has 2 unspecified atom stereocenters. The van der Waals surface area contributed by atoms with E-state index >= 15 is 0 Å². The van der Waals surface area contributed by atoms with Crippen molar-refractivity contribution in [1.82, 2.24) is 0 Å². The fraction of sp³-hybridized carbons (Fsp3) is 1.00. The molecule has 0 N–H and O–H groups in total. The molecule has 0 saturated heterocycles. The molecule has 0 radical (unpaired) electrons. The highest BCUT2D eigenvalue weighted by Gasteiger charge is 2.62. The Kier molecular flexibility index (Phi) is 8.61. The number of fused-ring (bicyclic) bond motifs is 5. The van der Waals surface area contributed by atoms with Crippen LogP contribution in [-0.4, -0.2) is 19.3 Å². The Bertz CT molecular complexity index is 718. The van der Waals surface area contributed by atoms with E-state index in [9.17, 15) is 0 Å². The highest BCUT2D eigenvalue weighted by molar-refractivity contribution is 5.11. The molecule has 4 heteroatoms. The van der Waals surface area contributed by atoms with Gasteiger partial charge < -0.3 is 4.74 Å². The topological polar surface area (TPSA) is 58.0 Å². The van der Waals surface area contributed by atoms with Gasteiger partial charge in [-0.05, 0) is 116 Å². The van der Waals surface area contributed by atoms with Crippen LogP contribution in [0.4, 0.5) is 0 Å². The zero-order valence-electron chi connectivity index (χ0n) is 23.0. The Morgan fingerprint density at radius 1 is 0.941 bits per heavy atom. The van der Waals surface area contributed by atoms with Gasteiger partial charge in [-0.25, -0.2) is 0 Å². The van der Waals surface area contributed by atoms with Crippen molar-refractivity contribution in [1.29, 1.82) is 0 Å². The van der Waals surface area contributed by atoms with Crippen LogP contribution >= 0.6 is 0 Å². The average Bonchev–Trinajstić information content (AvgIpc) is 3.16. The molecule has 4 aliphatic rings. The van der Waals surface area contributed by atoms with Crippen molar-refractivity contribution < 1.29 is 4.74 Å². The molecular formula is C30H53N3O. The van der Waals surface area contributed by atoms with Crippen LogP contribution in [-0.2, 0) is 4.74 Å². The van der Waals surface area contributed by atoms with Gasteiger partial charge in [-0.15, -0.1) is 0 Å². The predicted molar refractivity (Wildman–Crippen MR) is 141 cm³/mol. The monoisotopic (exact) mass is 471 g/mol. The Morgan fingerprint density at radius 2 is 1.76 bits per heavy atom. The third kappa shape index (κ3) is 4.93. The minimum atomic E-state index is 0.349. The van der Waals surface area contributed by atoms with Gasteiger partial charge in [-0.3, -0.25) is 0 Å². The lowest BCUT2D eigenvalue weighted by Gasteiger charge is -2.62. The molecule has 4 fully saturated rings. The van der Waals surface area contributed by atoms with E-state index in [2.05, 4.69) is 44.6 Å². The first-order valence-electron chi connectivity index (χ1n) is 14.9. The van der Waals surface area contributed by atoms with Crippen LogP contribution < -0.4 is 0 Å². The van der Waals surface area contributed by atoms with Crippen molar-refractivity contribution in [3.05, 3.63) is 10.4 Å². The number of ether oxygens (including phenoxy) is 1. The van der Waals surface area contributed by atoms with Crippen molar-refractivity contribution in [3.8, 4) is 0 Å². The molecule has 4 aliphatic carbocycles. The molecule has 34 heavy (non-hydrogen) atoms. The van der Waals surface area contributed by atoms with Gasteiger partial charge in [0.25, 0.3) is 0 Å². The molecule has 0 aromatic heterocycles. The van der Waals surface area contributed by atoms with E-state index in [1.807, 2.05) is 0 Å². The van der Waals surface area contributed by atoms with Gasteiger partial charge in [0.2, 0.25) is 0 Å². The SMILES string of the molecule is CC(C)CCC[C@@H](C)[C@H]1CC[C@H]2[C@@H]3CCC4CCCC(OCCCN=[N+]=[N-])[C@]4(C)[C@H]3CC[C@]12C. The Hall–Kier alpha value is -0.730. The molecule has 0 spiro atoms. The lowest BCUT2D eigenvalue weighted by Crippen LogP contribution is -2.58. The number of hydrogen-bond donors (Lipinski definition) is 0. The van der Waals surface area contributed by atoms with Crippen LogP contribution in [0, 0.1) is 52.3 Å². The van der Waals surface area contributed by atoms with Crippen LogP contribution in [0.2, 0.25) is 0 Å². The summed E-state index contributed by atoms with van der Waals surface area (Å²) in [5.41, 5.74) is 9.49. The van der Waals surface area contributed by atoms with Gasteiger partial charge in [0.1, 0.15) is 0 Å². The average molecular weight is 472 g/mol. The minimum Gasteiger partial charge on any atom is -0.378 e. The van der Waals surface area contributed by atoms with Crippen molar-refractivity contribution in [2.45, 2.75) is 124 Å². The summed E-state index contributed by atoms with van der Waals surface area (Å²) in [6.07, 6.45) is 18.2. The summed E-state index contributed by atoms with van der Waals surface area (Å²) < 4.78 is 6.63. The van der Waals surface area contributed by atoms with E-state index in [1.165, 1.54) is 77.0 Å². The summed E-state index contributed by atoms with van der Waals surface area (Å²) in [6, 6.07) is 0. The first-order chi connectivity index (χ1) is 16.3. The molecule has 194 valence electrons. The summed E-state index contributed by atoms with van der Waals surface area (Å²) in [5.74, 6) is 6.22. The molecule has 9 atom stereocenters. The van der Waals surface area contributed by atoms with E-state index in [-0.39, 0.29) is 0 Å². The fourth-order valence-electron chi connectivity index (χ4n) is 9.98. The van der Waals surface area contributed by atoms with Gasteiger partial charge in [0, 0.05) is 18.1 Å². The second-order valence-electron chi connectivity index (χ2n) is 13.6. The lowest BCUT2D eigenvalue weighted by atomic mass is 9.44. The second-order valence-corrected chi connectivity index (χ2v) is 13.6. The minimum absolute atomic E-state index is 0.349. The first kappa shape index (κ1) is 26.3. The van der Waals surface area contributed by atoms with E-state index < -0.39 is 0 Å². The van der Waals surface area contributed by atoms with Crippen molar-refractivity contribution in [2.75, 3.05) is 13.2 Å². The Morgan fingerprint density at radius 3 is 2.53 bits per heavy atom. The van der Waals surface area contributed by atoms with E-state index in [4.69, 9.17) is 10.3 Å². The predicted octanol–water partition coefficient (Wildman–Crippen LogP) is 9.19.